The Morgan fingerprint density at radius 3 is 2.42 bits per heavy atom. The van der Waals surface area contributed by atoms with Gasteiger partial charge in [-0.3, -0.25) is 15.4 Å². The molecule has 0 spiro atoms. The molecule has 8 heteroatoms. The van der Waals surface area contributed by atoms with E-state index in [0.29, 0.717) is 11.3 Å². The molecule has 1 N–H and O–H groups in total. The maximum atomic E-state index is 12.8. The summed E-state index contributed by atoms with van der Waals surface area (Å²) in [6.45, 7) is 0. The predicted molar refractivity (Wildman–Crippen MR) is 94.2 cm³/mol. The number of anilines is 1. The van der Waals surface area contributed by atoms with Crippen LogP contribution in [0.3, 0.4) is 0 Å². The summed E-state index contributed by atoms with van der Waals surface area (Å²) in [6.07, 6.45) is -0.687. The first-order chi connectivity index (χ1) is 12.4. The summed E-state index contributed by atoms with van der Waals surface area (Å²) in [6, 6.07) is 13.3. The molecule has 0 radical (unpaired) electrons. The van der Waals surface area contributed by atoms with Crippen molar-refractivity contribution in [2.24, 2.45) is 5.10 Å². The fourth-order valence-corrected chi connectivity index (χ4v) is 2.41. The van der Waals surface area contributed by atoms with E-state index in [9.17, 15) is 13.2 Å². The van der Waals surface area contributed by atoms with E-state index in [2.05, 4.69) is 20.5 Å². The van der Waals surface area contributed by atoms with Gasteiger partial charge in [0.1, 0.15) is 11.4 Å². The van der Waals surface area contributed by atoms with Crippen molar-refractivity contribution in [3.05, 3.63) is 89.0 Å². The van der Waals surface area contributed by atoms with E-state index >= 15 is 0 Å². The minimum atomic E-state index is -4.52. The van der Waals surface area contributed by atoms with E-state index < -0.39 is 11.7 Å². The van der Waals surface area contributed by atoms with Crippen LogP contribution in [0.15, 0.2) is 72.2 Å². The largest absolute Gasteiger partial charge is 0.417 e. The van der Waals surface area contributed by atoms with Crippen molar-refractivity contribution in [3.8, 4) is 0 Å². The molecule has 1 aromatic carbocycles. The SMILES string of the molecule is FC(F)(F)c1cnc(C(=NNc2ccccc2)c2cccnc2)c(Cl)c1. The summed E-state index contributed by atoms with van der Waals surface area (Å²) >= 11 is 6.07. The van der Waals surface area contributed by atoms with Crippen LogP contribution in [0.4, 0.5) is 18.9 Å². The average Bonchev–Trinajstić information content (AvgIpc) is 2.64. The molecule has 0 aliphatic carbocycles. The molecule has 0 aliphatic heterocycles. The van der Waals surface area contributed by atoms with Crippen molar-refractivity contribution in [1.82, 2.24) is 9.97 Å². The summed E-state index contributed by atoms with van der Waals surface area (Å²) in [5.41, 5.74) is 3.60. The molecule has 0 fully saturated rings. The molecule has 2 aromatic heterocycles. The molecule has 3 aromatic rings. The maximum Gasteiger partial charge on any atom is 0.417 e. The first-order valence-electron chi connectivity index (χ1n) is 7.47. The average molecular weight is 377 g/mol. The van der Waals surface area contributed by atoms with Crippen LogP contribution < -0.4 is 5.43 Å². The fourth-order valence-electron chi connectivity index (χ4n) is 2.16. The highest BCUT2D eigenvalue weighted by Gasteiger charge is 2.32. The molecule has 0 saturated carbocycles. The van der Waals surface area contributed by atoms with Crippen LogP contribution in [0.1, 0.15) is 16.8 Å². The van der Waals surface area contributed by atoms with E-state index in [1.165, 1.54) is 6.20 Å². The Kier molecular flexibility index (Phi) is 5.18. The molecule has 0 atom stereocenters. The number of para-hydroxylation sites is 1. The zero-order valence-corrected chi connectivity index (χ0v) is 14.0. The standard InChI is InChI=1S/C18H12ClF3N4/c19-15-9-13(18(20,21)22)11-24-17(15)16(12-5-4-8-23-10-12)26-25-14-6-2-1-3-7-14/h1-11,25H. The number of hydrogen-bond acceptors (Lipinski definition) is 4. The van der Waals surface area contributed by atoms with Crippen LogP contribution in [-0.2, 0) is 6.18 Å². The van der Waals surface area contributed by atoms with E-state index in [1.807, 2.05) is 18.2 Å². The van der Waals surface area contributed by atoms with Crippen molar-refractivity contribution >= 4 is 23.0 Å². The van der Waals surface area contributed by atoms with Crippen LogP contribution in [-0.4, -0.2) is 15.7 Å². The van der Waals surface area contributed by atoms with Gasteiger partial charge in [0, 0.05) is 24.2 Å². The van der Waals surface area contributed by atoms with Crippen LogP contribution in [0.25, 0.3) is 0 Å². The molecule has 26 heavy (non-hydrogen) atoms. The maximum absolute atomic E-state index is 12.8. The summed E-state index contributed by atoms with van der Waals surface area (Å²) < 4.78 is 38.5. The molecule has 4 nitrogen and oxygen atoms in total. The second-order valence-electron chi connectivity index (χ2n) is 5.23. The summed E-state index contributed by atoms with van der Waals surface area (Å²) in [7, 11) is 0. The van der Waals surface area contributed by atoms with Gasteiger partial charge < -0.3 is 0 Å². The smallest absolute Gasteiger partial charge is 0.278 e. The molecule has 0 aliphatic rings. The van der Waals surface area contributed by atoms with Gasteiger partial charge in [0.25, 0.3) is 0 Å². The van der Waals surface area contributed by atoms with Gasteiger partial charge in [-0.25, -0.2) is 0 Å². The highest BCUT2D eigenvalue weighted by molar-refractivity contribution is 6.35. The first-order valence-corrected chi connectivity index (χ1v) is 7.85. The molecule has 132 valence electrons. The lowest BCUT2D eigenvalue weighted by molar-refractivity contribution is -0.137. The Balaban J connectivity index is 2.04. The molecular formula is C18H12ClF3N4. The summed E-state index contributed by atoms with van der Waals surface area (Å²) in [4.78, 5) is 7.90. The molecule has 0 amide bonds. The molecule has 2 heterocycles. The minimum Gasteiger partial charge on any atom is -0.278 e. The monoisotopic (exact) mass is 376 g/mol. The number of rotatable bonds is 4. The number of aromatic nitrogens is 2. The summed E-state index contributed by atoms with van der Waals surface area (Å²) in [5, 5.41) is 4.13. The van der Waals surface area contributed by atoms with Gasteiger partial charge in [-0.1, -0.05) is 29.8 Å². The lowest BCUT2D eigenvalue weighted by atomic mass is 10.1. The van der Waals surface area contributed by atoms with Gasteiger partial charge in [0.15, 0.2) is 0 Å². The molecular weight excluding hydrogens is 365 g/mol. The Bertz CT molecular complexity index is 913. The normalized spacial score (nSPS) is 12.1. The van der Waals surface area contributed by atoms with Crippen molar-refractivity contribution in [2.75, 3.05) is 5.43 Å². The van der Waals surface area contributed by atoms with Gasteiger partial charge in [0.2, 0.25) is 0 Å². The number of benzene rings is 1. The van der Waals surface area contributed by atoms with Crippen LogP contribution in [0.2, 0.25) is 5.02 Å². The molecule has 0 bridgehead atoms. The lowest BCUT2D eigenvalue weighted by Gasteiger charge is -2.11. The minimum absolute atomic E-state index is 0.121. The van der Waals surface area contributed by atoms with Crippen LogP contribution in [0, 0.1) is 0 Å². The first kappa shape index (κ1) is 17.9. The number of halogens is 4. The zero-order valence-electron chi connectivity index (χ0n) is 13.2. The molecule has 0 saturated heterocycles. The highest BCUT2D eigenvalue weighted by atomic mass is 35.5. The van der Waals surface area contributed by atoms with Gasteiger partial charge in [-0.2, -0.15) is 18.3 Å². The third-order valence-corrected chi connectivity index (χ3v) is 3.69. The lowest BCUT2D eigenvalue weighted by Crippen LogP contribution is -2.12. The van der Waals surface area contributed by atoms with Crippen molar-refractivity contribution in [1.29, 1.82) is 0 Å². The van der Waals surface area contributed by atoms with Gasteiger partial charge in [0.05, 0.1) is 16.3 Å². The third-order valence-electron chi connectivity index (χ3n) is 3.40. The predicted octanol–water partition coefficient (Wildman–Crippen LogP) is 5.01. The number of alkyl halides is 3. The molecule has 3 rings (SSSR count). The van der Waals surface area contributed by atoms with Crippen LogP contribution in [0.5, 0.6) is 0 Å². The number of hydrogen-bond donors (Lipinski definition) is 1. The second-order valence-corrected chi connectivity index (χ2v) is 5.64. The second kappa shape index (κ2) is 7.53. The van der Waals surface area contributed by atoms with Crippen molar-refractivity contribution < 1.29 is 13.2 Å². The number of pyridine rings is 2. The molecule has 0 unspecified atom stereocenters. The fraction of sp³-hybridized carbons (Fsp3) is 0.0556. The van der Waals surface area contributed by atoms with Gasteiger partial charge >= 0.3 is 6.18 Å². The topological polar surface area (TPSA) is 50.2 Å². The Labute approximate surface area is 152 Å². The van der Waals surface area contributed by atoms with E-state index in [-0.39, 0.29) is 16.4 Å². The van der Waals surface area contributed by atoms with E-state index in [0.717, 1.165) is 12.3 Å². The quantitative estimate of drug-likeness (QED) is 0.514. The number of nitrogens with zero attached hydrogens (tertiary/aromatic N) is 3. The Hall–Kier alpha value is -2.93. The number of hydrazone groups is 1. The highest BCUT2D eigenvalue weighted by Crippen LogP contribution is 2.31. The van der Waals surface area contributed by atoms with E-state index in [1.54, 1.807) is 30.5 Å². The number of nitrogens with one attached hydrogen (secondary N) is 1. The van der Waals surface area contributed by atoms with Crippen molar-refractivity contribution in [2.45, 2.75) is 6.18 Å². The third kappa shape index (κ3) is 4.18. The summed E-state index contributed by atoms with van der Waals surface area (Å²) in [5.74, 6) is 0. The van der Waals surface area contributed by atoms with Gasteiger partial charge in [-0.15, -0.1) is 0 Å². The van der Waals surface area contributed by atoms with Crippen LogP contribution >= 0.6 is 11.6 Å². The zero-order chi connectivity index (χ0) is 18.6. The van der Waals surface area contributed by atoms with Gasteiger partial charge in [-0.05, 0) is 30.3 Å². The Morgan fingerprint density at radius 1 is 1.04 bits per heavy atom. The van der Waals surface area contributed by atoms with Crippen molar-refractivity contribution in [3.63, 3.8) is 0 Å². The Morgan fingerprint density at radius 2 is 1.81 bits per heavy atom. The van der Waals surface area contributed by atoms with E-state index in [4.69, 9.17) is 11.6 Å².